The average Bonchev–Trinajstić information content (AvgIpc) is 3.31. The lowest BCUT2D eigenvalue weighted by molar-refractivity contribution is 0.194. The zero-order valence-corrected chi connectivity index (χ0v) is 14.4. The molecule has 0 radical (unpaired) electrons. The fourth-order valence-electron chi connectivity index (χ4n) is 3.51. The second-order valence-electron chi connectivity index (χ2n) is 7.36. The molecular formula is C21H30N2. The van der Waals surface area contributed by atoms with Gasteiger partial charge < -0.3 is 5.32 Å². The molecule has 2 nitrogen and oxygen atoms in total. The normalized spacial score (nSPS) is 25.8. The SMILES string of the molecule is C=C(C)CN1CCC(CNC2CC2/C=C/c2ccccc2)CC1. The third kappa shape index (κ3) is 5.33. The summed E-state index contributed by atoms with van der Waals surface area (Å²) in [7, 11) is 0. The van der Waals surface area contributed by atoms with Gasteiger partial charge in [0.05, 0.1) is 0 Å². The van der Waals surface area contributed by atoms with Gasteiger partial charge in [-0.25, -0.2) is 0 Å². The van der Waals surface area contributed by atoms with Crippen molar-refractivity contribution in [2.45, 2.75) is 32.2 Å². The van der Waals surface area contributed by atoms with Crippen LogP contribution in [0.2, 0.25) is 0 Å². The summed E-state index contributed by atoms with van der Waals surface area (Å²) in [5.74, 6) is 1.59. The van der Waals surface area contributed by atoms with E-state index in [9.17, 15) is 0 Å². The van der Waals surface area contributed by atoms with Crippen molar-refractivity contribution in [1.82, 2.24) is 10.2 Å². The van der Waals surface area contributed by atoms with E-state index in [-0.39, 0.29) is 0 Å². The highest BCUT2D eigenvalue weighted by Gasteiger charge is 2.34. The van der Waals surface area contributed by atoms with Gasteiger partial charge in [-0.15, -0.1) is 0 Å². The molecule has 0 spiro atoms. The molecule has 1 aromatic rings. The van der Waals surface area contributed by atoms with E-state index in [4.69, 9.17) is 0 Å². The Morgan fingerprint density at radius 2 is 2.00 bits per heavy atom. The Bertz CT molecular complexity index is 526. The Labute approximate surface area is 141 Å². The van der Waals surface area contributed by atoms with Crippen molar-refractivity contribution < 1.29 is 0 Å². The first kappa shape index (κ1) is 16.5. The maximum absolute atomic E-state index is 4.02. The van der Waals surface area contributed by atoms with E-state index in [0.717, 1.165) is 18.4 Å². The summed E-state index contributed by atoms with van der Waals surface area (Å²) in [6.45, 7) is 10.9. The molecule has 1 aromatic carbocycles. The van der Waals surface area contributed by atoms with Crippen molar-refractivity contribution >= 4 is 6.08 Å². The Kier molecular flexibility index (Phi) is 5.69. The largest absolute Gasteiger partial charge is 0.313 e. The first-order valence-corrected chi connectivity index (χ1v) is 9.04. The maximum atomic E-state index is 4.02. The van der Waals surface area contributed by atoms with Crippen LogP contribution in [0.3, 0.4) is 0 Å². The van der Waals surface area contributed by atoms with Gasteiger partial charge in [-0.2, -0.15) is 0 Å². The van der Waals surface area contributed by atoms with Crippen molar-refractivity contribution in [1.29, 1.82) is 0 Å². The summed E-state index contributed by atoms with van der Waals surface area (Å²) < 4.78 is 0. The molecule has 2 unspecified atom stereocenters. The molecule has 1 aliphatic heterocycles. The predicted octanol–water partition coefficient (Wildman–Crippen LogP) is 3.97. The molecule has 1 saturated carbocycles. The fourth-order valence-corrected chi connectivity index (χ4v) is 3.51. The van der Waals surface area contributed by atoms with E-state index in [1.54, 1.807) is 0 Å². The second kappa shape index (κ2) is 7.94. The fraction of sp³-hybridized carbons (Fsp3) is 0.524. The van der Waals surface area contributed by atoms with Crippen LogP contribution in [0.4, 0.5) is 0 Å². The summed E-state index contributed by atoms with van der Waals surface area (Å²) in [5.41, 5.74) is 2.59. The summed E-state index contributed by atoms with van der Waals surface area (Å²) in [6, 6.07) is 11.3. The maximum Gasteiger partial charge on any atom is 0.0187 e. The minimum Gasteiger partial charge on any atom is -0.313 e. The standard InChI is InChI=1S/C21H30N2/c1-17(2)16-23-12-10-19(11-13-23)15-22-21-14-20(21)9-8-18-6-4-3-5-7-18/h3-9,19-22H,1,10-16H2,2H3/b9-8+. The Hall–Kier alpha value is -1.38. The Morgan fingerprint density at radius 1 is 1.26 bits per heavy atom. The van der Waals surface area contributed by atoms with E-state index in [2.05, 4.69) is 66.2 Å². The molecule has 2 heteroatoms. The van der Waals surface area contributed by atoms with Gasteiger partial charge in [0, 0.05) is 12.6 Å². The van der Waals surface area contributed by atoms with Crippen LogP contribution in [0.25, 0.3) is 6.08 Å². The molecule has 2 atom stereocenters. The number of benzene rings is 1. The molecular weight excluding hydrogens is 280 g/mol. The van der Waals surface area contributed by atoms with Crippen molar-refractivity contribution in [3.8, 4) is 0 Å². The van der Waals surface area contributed by atoms with Crippen LogP contribution in [0.1, 0.15) is 31.7 Å². The number of piperidine rings is 1. The van der Waals surface area contributed by atoms with Crippen LogP contribution in [-0.2, 0) is 0 Å². The molecule has 1 aliphatic carbocycles. The average molecular weight is 310 g/mol. The van der Waals surface area contributed by atoms with Crippen LogP contribution in [0.15, 0.2) is 48.6 Å². The second-order valence-corrected chi connectivity index (χ2v) is 7.36. The highest BCUT2D eigenvalue weighted by atomic mass is 15.1. The van der Waals surface area contributed by atoms with Crippen LogP contribution in [0.5, 0.6) is 0 Å². The van der Waals surface area contributed by atoms with Crippen molar-refractivity contribution in [3.63, 3.8) is 0 Å². The Balaban J connectivity index is 1.32. The van der Waals surface area contributed by atoms with Gasteiger partial charge in [0.25, 0.3) is 0 Å². The first-order valence-electron chi connectivity index (χ1n) is 9.04. The van der Waals surface area contributed by atoms with E-state index in [1.165, 1.54) is 50.0 Å². The highest BCUT2D eigenvalue weighted by molar-refractivity contribution is 5.49. The molecule has 1 heterocycles. The minimum atomic E-state index is 0.711. The molecule has 1 saturated heterocycles. The van der Waals surface area contributed by atoms with E-state index in [0.29, 0.717) is 6.04 Å². The third-order valence-electron chi connectivity index (χ3n) is 5.04. The van der Waals surface area contributed by atoms with Gasteiger partial charge in [-0.05, 0) is 63.2 Å². The lowest BCUT2D eigenvalue weighted by Gasteiger charge is -2.32. The topological polar surface area (TPSA) is 15.3 Å². The molecule has 3 rings (SSSR count). The van der Waals surface area contributed by atoms with Crippen molar-refractivity contribution in [2.24, 2.45) is 11.8 Å². The zero-order chi connectivity index (χ0) is 16.1. The van der Waals surface area contributed by atoms with E-state index < -0.39 is 0 Å². The minimum absolute atomic E-state index is 0.711. The van der Waals surface area contributed by atoms with Crippen molar-refractivity contribution in [2.75, 3.05) is 26.2 Å². The van der Waals surface area contributed by atoms with Crippen LogP contribution >= 0.6 is 0 Å². The molecule has 2 fully saturated rings. The molecule has 1 N–H and O–H groups in total. The van der Waals surface area contributed by atoms with E-state index in [1.807, 2.05) is 0 Å². The van der Waals surface area contributed by atoms with Gasteiger partial charge in [0.2, 0.25) is 0 Å². The van der Waals surface area contributed by atoms with Gasteiger partial charge in [-0.1, -0.05) is 54.6 Å². The van der Waals surface area contributed by atoms with Crippen LogP contribution in [0, 0.1) is 11.8 Å². The number of hydrogen-bond donors (Lipinski definition) is 1. The molecule has 124 valence electrons. The zero-order valence-electron chi connectivity index (χ0n) is 14.4. The molecule has 0 bridgehead atoms. The predicted molar refractivity (Wildman–Crippen MR) is 99.4 cm³/mol. The highest BCUT2D eigenvalue weighted by Crippen LogP contribution is 2.32. The van der Waals surface area contributed by atoms with Crippen LogP contribution in [-0.4, -0.2) is 37.1 Å². The lowest BCUT2D eigenvalue weighted by Crippen LogP contribution is -2.38. The number of likely N-dealkylation sites (tertiary alicyclic amines) is 1. The smallest absolute Gasteiger partial charge is 0.0187 e. The molecule has 0 aromatic heterocycles. The molecule has 2 aliphatic rings. The van der Waals surface area contributed by atoms with Crippen LogP contribution < -0.4 is 5.32 Å². The summed E-state index contributed by atoms with van der Waals surface area (Å²) in [4.78, 5) is 2.54. The summed E-state index contributed by atoms with van der Waals surface area (Å²) in [6.07, 6.45) is 8.61. The third-order valence-corrected chi connectivity index (χ3v) is 5.04. The van der Waals surface area contributed by atoms with Gasteiger partial charge in [-0.3, -0.25) is 4.90 Å². The van der Waals surface area contributed by atoms with Crippen molar-refractivity contribution in [3.05, 3.63) is 54.1 Å². The number of nitrogens with one attached hydrogen (secondary N) is 1. The number of hydrogen-bond acceptors (Lipinski definition) is 2. The van der Waals surface area contributed by atoms with Gasteiger partial charge in [0.1, 0.15) is 0 Å². The summed E-state index contributed by atoms with van der Waals surface area (Å²) in [5, 5.41) is 3.78. The number of nitrogens with zero attached hydrogens (tertiary/aromatic N) is 1. The van der Waals surface area contributed by atoms with E-state index >= 15 is 0 Å². The Morgan fingerprint density at radius 3 is 2.70 bits per heavy atom. The quantitative estimate of drug-likeness (QED) is 0.767. The summed E-state index contributed by atoms with van der Waals surface area (Å²) >= 11 is 0. The first-order chi connectivity index (χ1) is 11.2. The number of rotatable bonds is 7. The molecule has 23 heavy (non-hydrogen) atoms. The monoisotopic (exact) mass is 310 g/mol. The van der Waals surface area contributed by atoms with Gasteiger partial charge in [0.15, 0.2) is 0 Å². The lowest BCUT2D eigenvalue weighted by atomic mass is 9.96. The van der Waals surface area contributed by atoms with Gasteiger partial charge >= 0.3 is 0 Å². The molecule has 0 amide bonds.